The van der Waals surface area contributed by atoms with Gasteiger partial charge in [0.05, 0.1) is 12.6 Å². The van der Waals surface area contributed by atoms with Crippen LogP contribution in [0.2, 0.25) is 0 Å². The summed E-state index contributed by atoms with van der Waals surface area (Å²) in [6.45, 7) is 1.79. The van der Waals surface area contributed by atoms with Gasteiger partial charge in [0.25, 0.3) is 0 Å². The fraction of sp³-hybridized carbons (Fsp3) is 0.222. The van der Waals surface area contributed by atoms with Crippen molar-refractivity contribution >= 4 is 10.9 Å². The number of para-hydroxylation sites is 1. The smallest absolute Gasteiger partial charge is 0.102 e. The Kier molecular flexibility index (Phi) is 3.78. The van der Waals surface area contributed by atoms with Gasteiger partial charge in [0.1, 0.15) is 6.10 Å². The van der Waals surface area contributed by atoms with Crippen LogP contribution in [0.1, 0.15) is 17.2 Å². The number of nitrogens with zero attached hydrogens (tertiary/aromatic N) is 1. The molecule has 2 atom stereocenters. The largest absolute Gasteiger partial charge is 0.394 e. The van der Waals surface area contributed by atoms with E-state index in [4.69, 9.17) is 0 Å². The Morgan fingerprint density at radius 3 is 2.38 bits per heavy atom. The lowest BCUT2D eigenvalue weighted by Crippen LogP contribution is -2.28. The van der Waals surface area contributed by atoms with E-state index in [-0.39, 0.29) is 12.6 Å². The zero-order valence-electron chi connectivity index (χ0n) is 12.0. The SMILES string of the molecule is Cc1cn(C(c2ccccc2)C(O)CO)c2ccccc12. The van der Waals surface area contributed by atoms with Gasteiger partial charge in [-0.2, -0.15) is 0 Å². The van der Waals surface area contributed by atoms with E-state index in [0.29, 0.717) is 0 Å². The summed E-state index contributed by atoms with van der Waals surface area (Å²) in [4.78, 5) is 0. The number of aliphatic hydroxyl groups is 2. The van der Waals surface area contributed by atoms with Crippen molar-refractivity contribution in [2.24, 2.45) is 0 Å². The van der Waals surface area contributed by atoms with Gasteiger partial charge in [-0.25, -0.2) is 0 Å². The number of aryl methyl sites for hydroxylation is 1. The van der Waals surface area contributed by atoms with E-state index in [9.17, 15) is 10.2 Å². The average Bonchev–Trinajstić information content (AvgIpc) is 2.86. The first-order chi connectivity index (χ1) is 10.2. The van der Waals surface area contributed by atoms with E-state index in [1.807, 2.05) is 54.7 Å². The maximum absolute atomic E-state index is 10.3. The summed E-state index contributed by atoms with van der Waals surface area (Å²) in [5.41, 5.74) is 3.22. The normalized spacial score (nSPS) is 14.2. The highest BCUT2D eigenvalue weighted by atomic mass is 16.3. The molecule has 0 aliphatic carbocycles. The first-order valence-electron chi connectivity index (χ1n) is 7.12. The van der Waals surface area contributed by atoms with Gasteiger partial charge in [0, 0.05) is 17.1 Å². The van der Waals surface area contributed by atoms with Crippen LogP contribution >= 0.6 is 0 Å². The van der Waals surface area contributed by atoms with Gasteiger partial charge in [-0.15, -0.1) is 0 Å². The molecule has 0 aliphatic rings. The molecule has 3 heteroatoms. The maximum atomic E-state index is 10.3. The third kappa shape index (κ3) is 2.46. The Balaban J connectivity index is 2.20. The highest BCUT2D eigenvalue weighted by Crippen LogP contribution is 2.29. The Hall–Kier alpha value is -2.10. The molecule has 108 valence electrons. The lowest BCUT2D eigenvalue weighted by molar-refractivity contribution is 0.0653. The zero-order chi connectivity index (χ0) is 14.8. The minimum atomic E-state index is -0.845. The molecule has 1 heterocycles. The summed E-state index contributed by atoms with van der Waals surface area (Å²) in [6.07, 6.45) is 1.20. The molecule has 0 amide bonds. The molecule has 0 bridgehead atoms. The van der Waals surface area contributed by atoms with Crippen molar-refractivity contribution in [1.29, 1.82) is 0 Å². The molecule has 3 aromatic rings. The molecular formula is C18H19NO2. The average molecular weight is 281 g/mol. The number of hydrogen-bond donors (Lipinski definition) is 2. The predicted molar refractivity (Wildman–Crippen MR) is 84.3 cm³/mol. The van der Waals surface area contributed by atoms with Gasteiger partial charge >= 0.3 is 0 Å². The second-order valence-corrected chi connectivity index (χ2v) is 5.34. The summed E-state index contributed by atoms with van der Waals surface area (Å²) >= 11 is 0. The van der Waals surface area contributed by atoms with Crippen molar-refractivity contribution in [3.63, 3.8) is 0 Å². The number of aliphatic hydroxyl groups excluding tert-OH is 2. The summed E-state index contributed by atoms with van der Waals surface area (Å²) in [5, 5.41) is 20.9. The topological polar surface area (TPSA) is 45.4 Å². The number of aromatic nitrogens is 1. The van der Waals surface area contributed by atoms with Gasteiger partial charge < -0.3 is 14.8 Å². The summed E-state index contributed by atoms with van der Waals surface area (Å²) in [6, 6.07) is 17.6. The number of rotatable bonds is 4. The second kappa shape index (κ2) is 5.72. The standard InChI is InChI=1S/C18H19NO2/c1-13-11-19(16-10-6-5-9-15(13)16)18(17(21)12-20)14-7-3-2-4-8-14/h2-11,17-18,20-21H,12H2,1H3. The van der Waals surface area contributed by atoms with Crippen LogP contribution in [0, 0.1) is 6.92 Å². The van der Waals surface area contributed by atoms with Gasteiger partial charge in [0.2, 0.25) is 0 Å². The minimum absolute atomic E-state index is 0.273. The van der Waals surface area contributed by atoms with E-state index < -0.39 is 6.10 Å². The van der Waals surface area contributed by atoms with Crippen molar-refractivity contribution in [1.82, 2.24) is 4.57 Å². The molecule has 2 N–H and O–H groups in total. The van der Waals surface area contributed by atoms with Crippen molar-refractivity contribution < 1.29 is 10.2 Å². The van der Waals surface area contributed by atoms with Crippen LogP contribution in [-0.4, -0.2) is 27.5 Å². The van der Waals surface area contributed by atoms with Crippen molar-refractivity contribution in [2.75, 3.05) is 6.61 Å². The molecule has 21 heavy (non-hydrogen) atoms. The molecule has 0 spiro atoms. The molecule has 0 saturated carbocycles. The van der Waals surface area contributed by atoms with Crippen molar-refractivity contribution in [3.8, 4) is 0 Å². The van der Waals surface area contributed by atoms with Crippen LogP contribution in [0.15, 0.2) is 60.8 Å². The minimum Gasteiger partial charge on any atom is -0.394 e. The van der Waals surface area contributed by atoms with Gasteiger partial charge in [-0.1, -0.05) is 48.5 Å². The second-order valence-electron chi connectivity index (χ2n) is 5.34. The van der Waals surface area contributed by atoms with Crippen LogP contribution in [0.25, 0.3) is 10.9 Å². The Bertz CT molecular complexity index is 733. The molecule has 0 aliphatic heterocycles. The lowest BCUT2D eigenvalue weighted by atomic mass is 10.0. The fourth-order valence-electron chi connectivity index (χ4n) is 2.93. The zero-order valence-corrected chi connectivity index (χ0v) is 12.0. The predicted octanol–water partition coefficient (Wildman–Crippen LogP) is 2.89. The van der Waals surface area contributed by atoms with Gasteiger partial charge in [0.15, 0.2) is 0 Å². The molecule has 0 saturated heterocycles. The van der Waals surface area contributed by atoms with Gasteiger partial charge in [-0.3, -0.25) is 0 Å². The van der Waals surface area contributed by atoms with Crippen LogP contribution in [0.3, 0.4) is 0 Å². The highest BCUT2D eigenvalue weighted by molar-refractivity contribution is 5.84. The molecule has 0 fully saturated rings. The molecule has 3 rings (SSSR count). The third-order valence-corrected chi connectivity index (χ3v) is 3.93. The molecule has 3 nitrogen and oxygen atoms in total. The molecule has 2 aromatic carbocycles. The third-order valence-electron chi connectivity index (χ3n) is 3.93. The van der Waals surface area contributed by atoms with E-state index >= 15 is 0 Å². The number of benzene rings is 2. The van der Waals surface area contributed by atoms with Crippen molar-refractivity contribution in [3.05, 3.63) is 71.9 Å². The summed E-state index contributed by atoms with van der Waals surface area (Å²) in [7, 11) is 0. The lowest BCUT2D eigenvalue weighted by Gasteiger charge is -2.25. The van der Waals surface area contributed by atoms with Crippen LogP contribution in [0.4, 0.5) is 0 Å². The molecule has 2 unspecified atom stereocenters. The Morgan fingerprint density at radius 2 is 1.67 bits per heavy atom. The molecular weight excluding hydrogens is 262 g/mol. The van der Waals surface area contributed by atoms with Crippen LogP contribution < -0.4 is 0 Å². The summed E-state index contributed by atoms with van der Waals surface area (Å²) < 4.78 is 2.06. The Labute approximate surface area is 124 Å². The quantitative estimate of drug-likeness (QED) is 0.772. The van der Waals surface area contributed by atoms with Crippen molar-refractivity contribution in [2.45, 2.75) is 19.1 Å². The first-order valence-corrected chi connectivity index (χ1v) is 7.12. The van der Waals surface area contributed by atoms with Crippen LogP contribution in [0.5, 0.6) is 0 Å². The number of hydrogen-bond acceptors (Lipinski definition) is 2. The van der Waals surface area contributed by atoms with Gasteiger partial charge in [-0.05, 0) is 24.1 Å². The molecule has 1 aromatic heterocycles. The van der Waals surface area contributed by atoms with E-state index in [0.717, 1.165) is 16.6 Å². The highest BCUT2D eigenvalue weighted by Gasteiger charge is 2.24. The van der Waals surface area contributed by atoms with Crippen LogP contribution in [-0.2, 0) is 0 Å². The molecule has 0 radical (unpaired) electrons. The summed E-state index contributed by atoms with van der Waals surface area (Å²) in [5.74, 6) is 0. The maximum Gasteiger partial charge on any atom is 0.102 e. The fourth-order valence-corrected chi connectivity index (χ4v) is 2.93. The monoisotopic (exact) mass is 281 g/mol. The first kappa shape index (κ1) is 13.9. The van der Waals surface area contributed by atoms with E-state index in [1.54, 1.807) is 0 Å². The van der Waals surface area contributed by atoms with E-state index in [1.165, 1.54) is 5.39 Å². The number of fused-ring (bicyclic) bond motifs is 1. The van der Waals surface area contributed by atoms with E-state index in [2.05, 4.69) is 17.6 Å². The Morgan fingerprint density at radius 1 is 1.00 bits per heavy atom.